The smallest absolute Gasteiger partial charge is 0.211 e. The summed E-state index contributed by atoms with van der Waals surface area (Å²) in [5.74, 6) is -1.18. The van der Waals surface area contributed by atoms with E-state index in [4.69, 9.17) is 11.6 Å². The number of isocyanates is 1. The van der Waals surface area contributed by atoms with Crippen LogP contribution in [0.4, 0.5) is 23.2 Å². The summed E-state index contributed by atoms with van der Waals surface area (Å²) in [5.41, 5.74) is -1.97. The first-order valence-electron chi connectivity index (χ1n) is 3.50. The van der Waals surface area contributed by atoms with Crippen molar-refractivity contribution in [3.63, 3.8) is 0 Å². The number of alkyl halides is 3. The van der Waals surface area contributed by atoms with E-state index in [-0.39, 0.29) is 6.07 Å². The molecule has 0 aliphatic rings. The number of aliphatic imine (C=N–C) groups is 1. The molecule has 7 heteroatoms. The van der Waals surface area contributed by atoms with Gasteiger partial charge in [0, 0.05) is 6.07 Å². The van der Waals surface area contributed by atoms with E-state index >= 15 is 0 Å². The third-order valence-electron chi connectivity index (χ3n) is 1.49. The van der Waals surface area contributed by atoms with Crippen LogP contribution < -0.4 is 0 Å². The van der Waals surface area contributed by atoms with Gasteiger partial charge in [0.1, 0.15) is 5.82 Å². The first-order valence-corrected chi connectivity index (χ1v) is 3.88. The minimum atomic E-state index is -4.80. The van der Waals surface area contributed by atoms with Crippen molar-refractivity contribution in [2.75, 3.05) is 0 Å². The van der Waals surface area contributed by atoms with Gasteiger partial charge in [-0.1, -0.05) is 11.6 Å². The summed E-state index contributed by atoms with van der Waals surface area (Å²) in [7, 11) is 0. The molecule has 0 spiro atoms. The molecule has 2 nitrogen and oxygen atoms in total. The van der Waals surface area contributed by atoms with E-state index in [0.29, 0.717) is 6.07 Å². The lowest BCUT2D eigenvalue weighted by Crippen LogP contribution is -2.06. The molecule has 0 unspecified atom stereocenters. The first-order chi connectivity index (χ1) is 6.86. The standard InChI is InChI=1S/C8H2ClF4NO/c9-7-5(8(11,12)13)1-4(10)2-6(7)14-3-15/h1-2H. The molecule has 1 rings (SSSR count). The predicted octanol–water partition coefficient (Wildman–Crippen LogP) is 3.47. The van der Waals surface area contributed by atoms with Crippen molar-refractivity contribution in [3.05, 3.63) is 28.5 Å². The molecule has 0 N–H and O–H groups in total. The van der Waals surface area contributed by atoms with Crippen LogP contribution in [0.2, 0.25) is 5.02 Å². The quantitative estimate of drug-likeness (QED) is 0.419. The lowest BCUT2D eigenvalue weighted by atomic mass is 10.2. The Bertz CT molecular complexity index is 437. The van der Waals surface area contributed by atoms with Gasteiger partial charge in [0.05, 0.1) is 16.3 Å². The average Bonchev–Trinajstić information content (AvgIpc) is 2.09. The molecule has 0 aliphatic heterocycles. The molecule has 0 saturated heterocycles. The second kappa shape index (κ2) is 4.00. The summed E-state index contributed by atoms with van der Waals surface area (Å²) in [5, 5.41) is -0.827. The highest BCUT2D eigenvalue weighted by Crippen LogP contribution is 2.39. The lowest BCUT2D eigenvalue weighted by Gasteiger charge is -2.09. The Morgan fingerprint density at radius 2 is 1.93 bits per heavy atom. The SMILES string of the molecule is O=C=Nc1cc(F)cc(C(F)(F)F)c1Cl. The summed E-state index contributed by atoms with van der Waals surface area (Å²) >= 11 is 5.28. The zero-order valence-electron chi connectivity index (χ0n) is 6.90. The molecule has 0 amide bonds. The summed E-state index contributed by atoms with van der Waals surface area (Å²) in [6.45, 7) is 0. The van der Waals surface area contributed by atoms with Crippen LogP contribution in [0.5, 0.6) is 0 Å². The van der Waals surface area contributed by atoms with E-state index in [0.717, 1.165) is 6.08 Å². The van der Waals surface area contributed by atoms with Gasteiger partial charge in [-0.05, 0) is 6.07 Å². The highest BCUT2D eigenvalue weighted by Gasteiger charge is 2.34. The maximum absolute atomic E-state index is 12.7. The Morgan fingerprint density at radius 1 is 1.33 bits per heavy atom. The Hall–Kier alpha value is -1.39. The van der Waals surface area contributed by atoms with Crippen LogP contribution in [0.1, 0.15) is 5.56 Å². The molecule has 0 bridgehead atoms. The third kappa shape index (κ3) is 2.55. The molecular weight excluding hydrogens is 238 g/mol. The van der Waals surface area contributed by atoms with Gasteiger partial charge in [-0.25, -0.2) is 9.18 Å². The van der Waals surface area contributed by atoms with E-state index in [2.05, 4.69) is 4.99 Å². The maximum Gasteiger partial charge on any atom is 0.418 e. The third-order valence-corrected chi connectivity index (χ3v) is 1.89. The number of halogens is 5. The zero-order chi connectivity index (χ0) is 11.6. The largest absolute Gasteiger partial charge is 0.418 e. The number of benzene rings is 1. The summed E-state index contributed by atoms with van der Waals surface area (Å²) in [6.07, 6.45) is -3.81. The molecule has 0 saturated carbocycles. The summed E-state index contributed by atoms with van der Waals surface area (Å²) in [6, 6.07) is 0.842. The Morgan fingerprint density at radius 3 is 2.40 bits per heavy atom. The zero-order valence-corrected chi connectivity index (χ0v) is 7.66. The Kier molecular flexibility index (Phi) is 3.12. The summed E-state index contributed by atoms with van der Waals surface area (Å²) in [4.78, 5) is 12.7. The van der Waals surface area contributed by atoms with E-state index in [1.807, 2.05) is 0 Å². The van der Waals surface area contributed by atoms with Gasteiger partial charge in [-0.3, -0.25) is 0 Å². The molecule has 80 valence electrons. The van der Waals surface area contributed by atoms with Crippen LogP contribution in [0.15, 0.2) is 17.1 Å². The van der Waals surface area contributed by atoms with Crippen LogP contribution in [0, 0.1) is 5.82 Å². The van der Waals surface area contributed by atoms with Crippen molar-refractivity contribution in [3.8, 4) is 0 Å². The van der Waals surface area contributed by atoms with Gasteiger partial charge in [0.2, 0.25) is 6.08 Å². The Balaban J connectivity index is 3.48. The fourth-order valence-electron chi connectivity index (χ4n) is 0.912. The number of hydrogen-bond acceptors (Lipinski definition) is 2. The van der Waals surface area contributed by atoms with E-state index in [9.17, 15) is 22.4 Å². The van der Waals surface area contributed by atoms with Crippen molar-refractivity contribution in [2.45, 2.75) is 6.18 Å². The Labute approximate surface area is 86.2 Å². The fourth-order valence-corrected chi connectivity index (χ4v) is 1.17. The number of hydrogen-bond donors (Lipinski definition) is 0. The van der Waals surface area contributed by atoms with Crippen LogP contribution >= 0.6 is 11.6 Å². The minimum Gasteiger partial charge on any atom is -0.211 e. The molecule has 1 aromatic carbocycles. The number of nitrogens with zero attached hydrogens (tertiary/aromatic N) is 1. The molecule has 15 heavy (non-hydrogen) atoms. The van der Waals surface area contributed by atoms with Gasteiger partial charge < -0.3 is 0 Å². The second-order valence-electron chi connectivity index (χ2n) is 2.49. The van der Waals surface area contributed by atoms with Crippen molar-refractivity contribution < 1.29 is 22.4 Å². The van der Waals surface area contributed by atoms with Crippen molar-refractivity contribution in [2.24, 2.45) is 4.99 Å². The lowest BCUT2D eigenvalue weighted by molar-refractivity contribution is -0.137. The molecule has 0 aromatic heterocycles. The van der Waals surface area contributed by atoms with Gasteiger partial charge in [0.15, 0.2) is 0 Å². The maximum atomic E-state index is 12.7. The van der Waals surface area contributed by atoms with Crippen molar-refractivity contribution in [1.82, 2.24) is 0 Å². The molecule has 0 heterocycles. The van der Waals surface area contributed by atoms with Gasteiger partial charge in [0.25, 0.3) is 0 Å². The second-order valence-corrected chi connectivity index (χ2v) is 2.87. The normalized spacial score (nSPS) is 11.0. The fraction of sp³-hybridized carbons (Fsp3) is 0.125. The molecule has 0 atom stereocenters. The van der Waals surface area contributed by atoms with E-state index in [1.165, 1.54) is 0 Å². The average molecular weight is 240 g/mol. The molecule has 0 radical (unpaired) electrons. The van der Waals surface area contributed by atoms with Crippen LogP contribution in [0.25, 0.3) is 0 Å². The number of carbonyl (C=O) groups excluding carboxylic acids is 1. The highest BCUT2D eigenvalue weighted by molar-refractivity contribution is 6.33. The van der Waals surface area contributed by atoms with Crippen molar-refractivity contribution >= 4 is 23.4 Å². The van der Waals surface area contributed by atoms with Gasteiger partial charge in [-0.2, -0.15) is 18.2 Å². The molecule has 0 aliphatic carbocycles. The number of rotatable bonds is 1. The molecule has 0 fully saturated rings. The summed E-state index contributed by atoms with van der Waals surface area (Å²) < 4.78 is 49.5. The topological polar surface area (TPSA) is 29.4 Å². The monoisotopic (exact) mass is 239 g/mol. The first kappa shape index (κ1) is 11.7. The predicted molar refractivity (Wildman–Crippen MR) is 44.2 cm³/mol. The van der Waals surface area contributed by atoms with E-state index < -0.39 is 28.3 Å². The van der Waals surface area contributed by atoms with Crippen LogP contribution in [0.3, 0.4) is 0 Å². The minimum absolute atomic E-state index is 0.228. The van der Waals surface area contributed by atoms with Crippen LogP contribution in [-0.2, 0) is 11.0 Å². The molecule has 1 aromatic rings. The van der Waals surface area contributed by atoms with Gasteiger partial charge >= 0.3 is 6.18 Å². The highest BCUT2D eigenvalue weighted by atomic mass is 35.5. The van der Waals surface area contributed by atoms with E-state index in [1.54, 1.807) is 0 Å². The van der Waals surface area contributed by atoms with Crippen LogP contribution in [-0.4, -0.2) is 6.08 Å². The molecular formula is C8H2ClF4NO. The van der Waals surface area contributed by atoms with Gasteiger partial charge in [-0.15, -0.1) is 0 Å². The van der Waals surface area contributed by atoms with Crippen molar-refractivity contribution in [1.29, 1.82) is 0 Å².